The Bertz CT molecular complexity index is 839. The van der Waals surface area contributed by atoms with E-state index < -0.39 is 15.8 Å². The first-order valence-corrected chi connectivity index (χ1v) is 9.61. The van der Waals surface area contributed by atoms with Crippen molar-refractivity contribution < 1.29 is 17.6 Å². The third-order valence-corrected chi connectivity index (χ3v) is 4.95. The quantitative estimate of drug-likeness (QED) is 0.769. The monoisotopic (exact) mass is 384 g/mol. The molecule has 1 amide bonds. The van der Waals surface area contributed by atoms with Crippen molar-refractivity contribution >= 4 is 33.2 Å². The molecule has 0 aliphatic rings. The molecule has 2 aromatic carbocycles. The van der Waals surface area contributed by atoms with Crippen molar-refractivity contribution in [3.05, 3.63) is 64.9 Å². The fraction of sp³-hybridized carbons (Fsp3) is 0.235. The lowest BCUT2D eigenvalue weighted by Gasteiger charge is -2.25. The van der Waals surface area contributed by atoms with Gasteiger partial charge in [-0.1, -0.05) is 23.7 Å². The standard InChI is InChI=1S/C17H18ClFN2O3S/c1-20(11-13-3-5-14(18)6-4-13)17(22)12-21(25(2,23)24)16-9-7-15(19)8-10-16/h3-10H,11-12H2,1-2H3. The van der Waals surface area contributed by atoms with Crippen LogP contribution < -0.4 is 4.31 Å². The van der Waals surface area contributed by atoms with Gasteiger partial charge in [0.05, 0.1) is 11.9 Å². The molecule has 0 aliphatic heterocycles. The predicted molar refractivity (Wildman–Crippen MR) is 96.5 cm³/mol. The maximum Gasteiger partial charge on any atom is 0.243 e. The number of rotatable bonds is 6. The van der Waals surface area contributed by atoms with Crippen molar-refractivity contribution in [1.82, 2.24) is 4.90 Å². The van der Waals surface area contributed by atoms with Crippen LogP contribution in [0.1, 0.15) is 5.56 Å². The van der Waals surface area contributed by atoms with E-state index in [0.717, 1.165) is 28.3 Å². The minimum absolute atomic E-state index is 0.233. The van der Waals surface area contributed by atoms with Crippen molar-refractivity contribution in [1.29, 1.82) is 0 Å². The second kappa shape index (κ2) is 7.84. The number of sulfonamides is 1. The van der Waals surface area contributed by atoms with Crippen LogP contribution in [0.25, 0.3) is 0 Å². The normalized spacial score (nSPS) is 11.2. The van der Waals surface area contributed by atoms with Crippen LogP contribution >= 0.6 is 11.6 Å². The maximum atomic E-state index is 13.1. The molecule has 0 unspecified atom stereocenters. The maximum absolute atomic E-state index is 13.1. The van der Waals surface area contributed by atoms with Crippen LogP contribution in [0.2, 0.25) is 5.02 Å². The molecule has 134 valence electrons. The van der Waals surface area contributed by atoms with Gasteiger partial charge in [0.15, 0.2) is 0 Å². The highest BCUT2D eigenvalue weighted by atomic mass is 35.5. The summed E-state index contributed by atoms with van der Waals surface area (Å²) in [6.45, 7) is -0.0500. The molecular formula is C17H18ClFN2O3S. The van der Waals surface area contributed by atoms with E-state index in [9.17, 15) is 17.6 Å². The Hall–Kier alpha value is -2.12. The second-order valence-electron chi connectivity index (χ2n) is 5.62. The minimum atomic E-state index is -3.69. The van der Waals surface area contributed by atoms with Gasteiger partial charge in [0.25, 0.3) is 0 Å². The van der Waals surface area contributed by atoms with Crippen LogP contribution in [0, 0.1) is 5.82 Å². The van der Waals surface area contributed by atoms with Gasteiger partial charge in [-0.25, -0.2) is 12.8 Å². The van der Waals surface area contributed by atoms with Gasteiger partial charge in [-0.05, 0) is 42.0 Å². The summed E-state index contributed by atoms with van der Waals surface area (Å²) in [5, 5.41) is 0.595. The summed E-state index contributed by atoms with van der Waals surface area (Å²) < 4.78 is 38.0. The molecule has 0 saturated carbocycles. The van der Waals surface area contributed by atoms with Gasteiger partial charge >= 0.3 is 0 Å². The molecule has 0 aliphatic carbocycles. The number of carbonyl (C=O) groups excluding carboxylic acids is 1. The van der Waals surface area contributed by atoms with Crippen LogP contribution in [0.4, 0.5) is 10.1 Å². The average molecular weight is 385 g/mol. The van der Waals surface area contributed by atoms with E-state index in [-0.39, 0.29) is 18.1 Å². The van der Waals surface area contributed by atoms with Crippen LogP contribution in [0.3, 0.4) is 0 Å². The van der Waals surface area contributed by atoms with Crippen LogP contribution in [-0.4, -0.2) is 39.1 Å². The van der Waals surface area contributed by atoms with Crippen molar-refractivity contribution in [3.63, 3.8) is 0 Å². The molecule has 2 aromatic rings. The molecular weight excluding hydrogens is 367 g/mol. The molecule has 0 saturated heterocycles. The lowest BCUT2D eigenvalue weighted by Crippen LogP contribution is -2.41. The van der Waals surface area contributed by atoms with E-state index in [0.29, 0.717) is 11.6 Å². The zero-order chi connectivity index (χ0) is 18.6. The number of anilines is 1. The SMILES string of the molecule is CN(Cc1ccc(Cl)cc1)C(=O)CN(c1ccc(F)cc1)S(C)(=O)=O. The Morgan fingerprint density at radius 3 is 2.16 bits per heavy atom. The number of hydrogen-bond acceptors (Lipinski definition) is 3. The molecule has 0 N–H and O–H groups in total. The second-order valence-corrected chi connectivity index (χ2v) is 7.97. The molecule has 0 radical (unpaired) electrons. The Balaban J connectivity index is 2.13. The number of benzene rings is 2. The third-order valence-electron chi connectivity index (χ3n) is 3.55. The summed E-state index contributed by atoms with van der Waals surface area (Å²) in [4.78, 5) is 13.9. The fourth-order valence-electron chi connectivity index (χ4n) is 2.20. The zero-order valence-corrected chi connectivity index (χ0v) is 15.4. The van der Waals surface area contributed by atoms with Crippen LogP contribution in [0.15, 0.2) is 48.5 Å². The van der Waals surface area contributed by atoms with Gasteiger partial charge < -0.3 is 4.90 Å². The van der Waals surface area contributed by atoms with Gasteiger partial charge in [0, 0.05) is 18.6 Å². The van der Waals surface area contributed by atoms with Crippen molar-refractivity contribution in [3.8, 4) is 0 Å². The molecule has 0 aromatic heterocycles. The fourth-order valence-corrected chi connectivity index (χ4v) is 3.18. The molecule has 0 heterocycles. The first-order chi connectivity index (χ1) is 11.7. The van der Waals surface area contributed by atoms with Gasteiger partial charge in [-0.2, -0.15) is 0 Å². The smallest absolute Gasteiger partial charge is 0.243 e. The van der Waals surface area contributed by atoms with E-state index in [4.69, 9.17) is 11.6 Å². The van der Waals surface area contributed by atoms with E-state index in [2.05, 4.69) is 0 Å². The molecule has 0 spiro atoms. The summed E-state index contributed by atoms with van der Waals surface area (Å²) in [6, 6.07) is 12.0. The van der Waals surface area contributed by atoms with E-state index in [1.807, 2.05) is 0 Å². The molecule has 5 nitrogen and oxygen atoms in total. The van der Waals surface area contributed by atoms with Crippen molar-refractivity contribution in [2.75, 3.05) is 24.2 Å². The molecule has 0 bridgehead atoms. The summed E-state index contributed by atoms with van der Waals surface area (Å²) >= 11 is 5.83. The van der Waals surface area contributed by atoms with E-state index in [1.54, 1.807) is 31.3 Å². The number of hydrogen-bond donors (Lipinski definition) is 0. The highest BCUT2D eigenvalue weighted by molar-refractivity contribution is 7.92. The van der Waals surface area contributed by atoms with Gasteiger partial charge in [-0.3, -0.25) is 9.10 Å². The molecule has 25 heavy (non-hydrogen) atoms. The highest BCUT2D eigenvalue weighted by Gasteiger charge is 2.22. The molecule has 8 heteroatoms. The van der Waals surface area contributed by atoms with Gasteiger partial charge in [-0.15, -0.1) is 0 Å². The topological polar surface area (TPSA) is 57.7 Å². The third kappa shape index (κ3) is 5.44. The number of nitrogens with zero attached hydrogens (tertiary/aromatic N) is 2. The molecule has 0 fully saturated rings. The Kier molecular flexibility index (Phi) is 6.02. The number of amides is 1. The van der Waals surface area contributed by atoms with Crippen molar-refractivity contribution in [2.45, 2.75) is 6.54 Å². The Morgan fingerprint density at radius 2 is 1.64 bits per heavy atom. The summed E-state index contributed by atoms with van der Waals surface area (Å²) in [5.74, 6) is -0.868. The minimum Gasteiger partial charge on any atom is -0.340 e. The molecule has 2 rings (SSSR count). The summed E-state index contributed by atoms with van der Waals surface area (Å²) in [7, 11) is -2.11. The van der Waals surface area contributed by atoms with Crippen LogP contribution in [0.5, 0.6) is 0 Å². The summed E-state index contributed by atoms with van der Waals surface area (Å²) in [5.41, 5.74) is 1.10. The van der Waals surface area contributed by atoms with Crippen LogP contribution in [-0.2, 0) is 21.4 Å². The zero-order valence-electron chi connectivity index (χ0n) is 13.8. The van der Waals surface area contributed by atoms with Crippen molar-refractivity contribution in [2.24, 2.45) is 0 Å². The number of halogens is 2. The first kappa shape index (κ1) is 19.2. The van der Waals surface area contributed by atoms with E-state index in [1.165, 1.54) is 17.0 Å². The largest absolute Gasteiger partial charge is 0.340 e. The average Bonchev–Trinajstić information content (AvgIpc) is 2.54. The number of carbonyl (C=O) groups is 1. The Morgan fingerprint density at radius 1 is 1.08 bits per heavy atom. The first-order valence-electron chi connectivity index (χ1n) is 7.38. The molecule has 0 atom stereocenters. The predicted octanol–water partition coefficient (Wildman–Crippen LogP) is 2.90. The highest BCUT2D eigenvalue weighted by Crippen LogP contribution is 2.18. The van der Waals surface area contributed by atoms with E-state index >= 15 is 0 Å². The lowest BCUT2D eigenvalue weighted by molar-refractivity contribution is -0.128. The number of likely N-dealkylation sites (N-methyl/N-ethyl adjacent to an activating group) is 1. The lowest BCUT2D eigenvalue weighted by atomic mass is 10.2. The Labute approximate surface area is 151 Å². The van der Waals surface area contributed by atoms with Gasteiger partial charge in [0.1, 0.15) is 12.4 Å². The summed E-state index contributed by atoms with van der Waals surface area (Å²) in [6.07, 6.45) is 1.00. The van der Waals surface area contributed by atoms with Gasteiger partial charge in [0.2, 0.25) is 15.9 Å².